The first-order valence-corrected chi connectivity index (χ1v) is 22.1. The molecule has 0 aliphatic heterocycles. The van der Waals surface area contributed by atoms with E-state index in [2.05, 4.69) is 73.1 Å². The van der Waals surface area contributed by atoms with Gasteiger partial charge in [-0.25, -0.2) is 4.57 Å². The van der Waals surface area contributed by atoms with Crippen molar-refractivity contribution < 1.29 is 37.9 Å². The van der Waals surface area contributed by atoms with Crippen LogP contribution in [0.15, 0.2) is 60.8 Å². The van der Waals surface area contributed by atoms with Gasteiger partial charge in [0, 0.05) is 12.8 Å². The Morgan fingerprint density at radius 2 is 0.904 bits per heavy atom. The molecule has 0 radical (unpaired) electrons. The number of allylic oxidation sites excluding steroid dienone is 10. The van der Waals surface area contributed by atoms with Crippen LogP contribution in [0.1, 0.15) is 181 Å². The summed E-state index contributed by atoms with van der Waals surface area (Å²) < 4.78 is 26.3. The Bertz CT molecular complexity index is 1030. The van der Waals surface area contributed by atoms with Crippen LogP contribution < -0.4 is 0 Å². The van der Waals surface area contributed by atoms with Crippen LogP contribution in [0, 0.1) is 0 Å². The molecule has 0 aliphatic rings. The Morgan fingerprint density at radius 3 is 1.42 bits per heavy atom. The highest BCUT2D eigenvalue weighted by molar-refractivity contribution is 7.46. The number of ether oxygens (including phenoxy) is 2. The molecule has 52 heavy (non-hydrogen) atoms. The van der Waals surface area contributed by atoms with E-state index in [0.29, 0.717) is 12.8 Å². The van der Waals surface area contributed by atoms with Crippen molar-refractivity contribution in [3.05, 3.63) is 60.8 Å². The largest absolute Gasteiger partial charge is 0.469 e. The predicted octanol–water partition coefficient (Wildman–Crippen LogP) is 12.5. The lowest BCUT2D eigenvalue weighted by molar-refractivity contribution is -0.161. The van der Waals surface area contributed by atoms with Crippen molar-refractivity contribution in [3.8, 4) is 0 Å². The highest BCUT2D eigenvalue weighted by atomic mass is 31.2. The Balaban J connectivity index is 4.05. The average Bonchev–Trinajstić information content (AvgIpc) is 3.11. The minimum absolute atomic E-state index is 0.166. The number of hydrogen-bond donors (Lipinski definition) is 2. The number of hydrogen-bond acceptors (Lipinski definition) is 6. The predicted molar refractivity (Wildman–Crippen MR) is 216 cm³/mol. The third kappa shape index (κ3) is 40.5. The molecule has 9 heteroatoms. The maximum atomic E-state index is 12.4. The van der Waals surface area contributed by atoms with Crippen molar-refractivity contribution in [2.24, 2.45) is 0 Å². The van der Waals surface area contributed by atoms with Crippen molar-refractivity contribution in [2.75, 3.05) is 13.2 Å². The zero-order valence-corrected chi connectivity index (χ0v) is 33.8. The van der Waals surface area contributed by atoms with Crippen LogP contribution in [0.2, 0.25) is 0 Å². The number of carbonyl (C=O) groups excluding carboxylic acids is 2. The topological polar surface area (TPSA) is 119 Å². The summed E-state index contributed by atoms with van der Waals surface area (Å²) in [5.41, 5.74) is 0. The Kier molecular flexibility index (Phi) is 36.8. The van der Waals surface area contributed by atoms with Gasteiger partial charge in [-0.3, -0.25) is 14.1 Å². The summed E-state index contributed by atoms with van der Waals surface area (Å²) in [5.74, 6) is -0.980. The number of esters is 2. The SMILES string of the molecule is CCCCC/C=C/C/C=C/C/C=C/C/C=C/CCCCCC(=O)O[C@H](COC(=O)CC/C=C/CCCCCCCCCCCCC)COP(=O)(O)O. The van der Waals surface area contributed by atoms with Crippen molar-refractivity contribution in [1.29, 1.82) is 0 Å². The summed E-state index contributed by atoms with van der Waals surface area (Å²) in [6, 6.07) is 0. The van der Waals surface area contributed by atoms with Gasteiger partial charge >= 0.3 is 19.8 Å². The number of phosphoric acid groups is 1. The van der Waals surface area contributed by atoms with E-state index in [4.69, 9.17) is 19.3 Å². The quantitative estimate of drug-likeness (QED) is 0.0279. The van der Waals surface area contributed by atoms with Crippen LogP contribution in [-0.4, -0.2) is 41.0 Å². The van der Waals surface area contributed by atoms with E-state index in [-0.39, 0.29) is 19.4 Å². The molecule has 8 nitrogen and oxygen atoms in total. The summed E-state index contributed by atoms with van der Waals surface area (Å²) in [7, 11) is -4.77. The van der Waals surface area contributed by atoms with Gasteiger partial charge in [-0.15, -0.1) is 0 Å². The molecule has 0 aromatic rings. The second kappa shape index (κ2) is 38.5. The smallest absolute Gasteiger partial charge is 0.462 e. The molecule has 300 valence electrons. The van der Waals surface area contributed by atoms with Gasteiger partial charge in [-0.05, 0) is 70.6 Å². The van der Waals surface area contributed by atoms with E-state index in [0.717, 1.165) is 51.4 Å². The van der Waals surface area contributed by atoms with Crippen molar-refractivity contribution in [2.45, 2.75) is 187 Å². The number of unbranched alkanes of at least 4 members (excludes halogenated alkanes) is 17. The van der Waals surface area contributed by atoms with E-state index in [1.165, 1.54) is 89.9 Å². The van der Waals surface area contributed by atoms with Gasteiger partial charge in [-0.1, -0.05) is 158 Å². The van der Waals surface area contributed by atoms with Gasteiger partial charge in [0.05, 0.1) is 6.61 Å². The van der Waals surface area contributed by atoms with Crippen LogP contribution in [0.3, 0.4) is 0 Å². The summed E-state index contributed by atoms with van der Waals surface area (Å²) in [4.78, 5) is 42.8. The monoisotopic (exact) mass is 751 g/mol. The van der Waals surface area contributed by atoms with Crippen LogP contribution in [0.25, 0.3) is 0 Å². The first-order valence-electron chi connectivity index (χ1n) is 20.6. The Labute approximate surface area is 317 Å². The van der Waals surface area contributed by atoms with Gasteiger partial charge in [0.15, 0.2) is 6.10 Å². The second-order valence-electron chi connectivity index (χ2n) is 13.6. The highest BCUT2D eigenvalue weighted by Crippen LogP contribution is 2.36. The molecule has 0 rings (SSSR count). The molecule has 0 aliphatic carbocycles. The van der Waals surface area contributed by atoms with Crippen molar-refractivity contribution >= 4 is 19.8 Å². The summed E-state index contributed by atoms with van der Waals surface area (Å²) in [6.07, 6.45) is 48.1. The normalized spacial score (nSPS) is 13.1. The first kappa shape index (κ1) is 49.8. The molecule has 0 aromatic carbocycles. The molecule has 0 saturated heterocycles. The fourth-order valence-corrected chi connectivity index (χ4v) is 5.79. The maximum absolute atomic E-state index is 12.4. The molecule has 0 fully saturated rings. The van der Waals surface area contributed by atoms with Crippen LogP contribution in [0.5, 0.6) is 0 Å². The lowest BCUT2D eigenvalue weighted by Crippen LogP contribution is -2.29. The summed E-state index contributed by atoms with van der Waals surface area (Å²) >= 11 is 0. The molecule has 0 saturated carbocycles. The highest BCUT2D eigenvalue weighted by Gasteiger charge is 2.22. The van der Waals surface area contributed by atoms with Gasteiger partial charge in [0.1, 0.15) is 6.61 Å². The molecule has 0 amide bonds. The van der Waals surface area contributed by atoms with Gasteiger partial charge < -0.3 is 19.3 Å². The van der Waals surface area contributed by atoms with E-state index in [1.807, 2.05) is 6.08 Å². The molecule has 2 N–H and O–H groups in total. The first-order chi connectivity index (χ1) is 25.3. The molecule has 0 heterocycles. The van der Waals surface area contributed by atoms with Crippen LogP contribution >= 0.6 is 7.82 Å². The minimum Gasteiger partial charge on any atom is -0.462 e. The third-order valence-corrected chi connectivity index (χ3v) is 9.01. The summed E-state index contributed by atoms with van der Waals surface area (Å²) in [6.45, 7) is 3.59. The minimum atomic E-state index is -4.77. The van der Waals surface area contributed by atoms with E-state index in [1.54, 1.807) is 0 Å². The molecular weight excluding hydrogens is 675 g/mol. The summed E-state index contributed by atoms with van der Waals surface area (Å²) in [5, 5.41) is 0. The van der Waals surface area contributed by atoms with E-state index in [9.17, 15) is 14.2 Å². The number of phosphoric ester groups is 1. The molecular formula is C43H75O8P. The standard InChI is InChI=1S/C43H75O8P/c1-3-5-7-9-11-13-15-17-19-20-21-22-24-26-28-30-32-34-36-38-43(45)51-41(40-50-52(46,47)48)39-49-42(44)37-35-33-31-29-27-25-23-18-16-14-12-10-8-6-4-2/h11,13,17,19,21-22,26,28,31,33,41H,3-10,12,14-16,18,20,23-25,27,29-30,32,34-40H2,1-2H3,(H2,46,47,48)/b13-11+,19-17+,22-21+,28-26+,33-31+/t41-/m1/s1. The van der Waals surface area contributed by atoms with Crippen LogP contribution in [-0.2, 0) is 28.2 Å². The lowest BCUT2D eigenvalue weighted by Gasteiger charge is -2.18. The molecule has 0 aromatic heterocycles. The van der Waals surface area contributed by atoms with Crippen molar-refractivity contribution in [3.63, 3.8) is 0 Å². The average molecular weight is 751 g/mol. The van der Waals surface area contributed by atoms with E-state index < -0.39 is 32.5 Å². The van der Waals surface area contributed by atoms with Gasteiger partial charge in [-0.2, -0.15) is 0 Å². The lowest BCUT2D eigenvalue weighted by atomic mass is 10.1. The molecule has 0 spiro atoms. The number of rotatable bonds is 37. The van der Waals surface area contributed by atoms with E-state index >= 15 is 0 Å². The zero-order chi connectivity index (χ0) is 38.2. The zero-order valence-electron chi connectivity index (χ0n) is 32.9. The third-order valence-electron chi connectivity index (χ3n) is 8.52. The van der Waals surface area contributed by atoms with Crippen molar-refractivity contribution in [1.82, 2.24) is 0 Å². The van der Waals surface area contributed by atoms with Gasteiger partial charge in [0.25, 0.3) is 0 Å². The fourth-order valence-electron chi connectivity index (χ4n) is 5.43. The Hall–Kier alpha value is -2.25. The number of carbonyl (C=O) groups is 2. The second-order valence-corrected chi connectivity index (χ2v) is 14.8. The Morgan fingerprint density at radius 1 is 0.500 bits per heavy atom. The molecule has 0 unspecified atom stereocenters. The van der Waals surface area contributed by atoms with Crippen LogP contribution in [0.4, 0.5) is 0 Å². The fraction of sp³-hybridized carbons (Fsp3) is 0.721. The molecule has 1 atom stereocenters. The van der Waals surface area contributed by atoms with Gasteiger partial charge in [0.2, 0.25) is 0 Å². The maximum Gasteiger partial charge on any atom is 0.469 e. The molecule has 0 bridgehead atoms.